The number of benzene rings is 2. The van der Waals surface area contributed by atoms with Gasteiger partial charge < -0.3 is 4.42 Å². The van der Waals surface area contributed by atoms with E-state index in [0.29, 0.717) is 26.0 Å². The van der Waals surface area contributed by atoms with Crippen molar-refractivity contribution in [1.82, 2.24) is 5.32 Å². The van der Waals surface area contributed by atoms with Gasteiger partial charge in [-0.25, -0.2) is 9.69 Å². The number of carbonyl (C=O) groups excluding carboxylic acids is 3. The van der Waals surface area contributed by atoms with Gasteiger partial charge in [0, 0.05) is 9.92 Å². The number of imide groups is 2. The van der Waals surface area contributed by atoms with Gasteiger partial charge in [-0.3, -0.25) is 14.9 Å². The van der Waals surface area contributed by atoms with E-state index in [1.54, 1.807) is 36.4 Å². The molecule has 0 unspecified atom stereocenters. The molecule has 2 aromatic carbocycles. The summed E-state index contributed by atoms with van der Waals surface area (Å²) in [5, 5.41) is 3.38. The first kappa shape index (κ1) is 21.4. The maximum absolute atomic E-state index is 13.0. The van der Waals surface area contributed by atoms with Crippen molar-refractivity contribution in [2.75, 3.05) is 4.90 Å². The van der Waals surface area contributed by atoms with Crippen LogP contribution in [0.3, 0.4) is 0 Å². The Morgan fingerprint density at radius 2 is 1.84 bits per heavy atom. The Morgan fingerprint density at radius 3 is 2.55 bits per heavy atom. The van der Waals surface area contributed by atoms with Crippen molar-refractivity contribution in [3.63, 3.8) is 0 Å². The fraction of sp³-hybridized carbons (Fsp3) is 0.0455. The first-order valence-electron chi connectivity index (χ1n) is 9.03. The van der Waals surface area contributed by atoms with Crippen molar-refractivity contribution in [2.24, 2.45) is 0 Å². The highest BCUT2D eigenvalue weighted by atomic mass is 79.9. The van der Waals surface area contributed by atoms with Crippen LogP contribution in [0.1, 0.15) is 11.3 Å². The zero-order valence-electron chi connectivity index (χ0n) is 16.0. The van der Waals surface area contributed by atoms with E-state index < -0.39 is 17.8 Å². The molecule has 1 aromatic heterocycles. The fourth-order valence-corrected chi connectivity index (χ4v) is 4.38. The molecule has 0 atom stereocenters. The molecule has 1 aliphatic rings. The Hall–Kier alpha value is -2.81. The van der Waals surface area contributed by atoms with Crippen LogP contribution in [0, 0.1) is 6.92 Å². The van der Waals surface area contributed by atoms with Crippen LogP contribution in [0.2, 0.25) is 5.02 Å². The number of furan rings is 1. The predicted octanol–water partition coefficient (Wildman–Crippen LogP) is 5.82. The molecular formula is C22H14BrClN2O4S. The van der Waals surface area contributed by atoms with Crippen LogP contribution >= 0.6 is 39.3 Å². The minimum absolute atomic E-state index is 0.203. The third-order valence-corrected chi connectivity index (χ3v) is 6.45. The van der Waals surface area contributed by atoms with Crippen molar-refractivity contribution >= 4 is 68.9 Å². The van der Waals surface area contributed by atoms with E-state index >= 15 is 0 Å². The summed E-state index contributed by atoms with van der Waals surface area (Å²) in [5.74, 6) is -1.21. The Bertz CT molecular complexity index is 1240. The van der Waals surface area contributed by atoms with Crippen molar-refractivity contribution in [1.29, 1.82) is 0 Å². The van der Waals surface area contributed by atoms with E-state index in [-0.39, 0.29) is 5.57 Å². The van der Waals surface area contributed by atoms with Gasteiger partial charge in [0.2, 0.25) is 0 Å². The van der Waals surface area contributed by atoms with Crippen LogP contribution in [0.5, 0.6) is 0 Å². The first-order chi connectivity index (χ1) is 14.8. The summed E-state index contributed by atoms with van der Waals surface area (Å²) in [4.78, 5) is 39.5. The predicted molar refractivity (Wildman–Crippen MR) is 122 cm³/mol. The molecule has 0 spiro atoms. The van der Waals surface area contributed by atoms with Gasteiger partial charge in [-0.1, -0.05) is 35.5 Å². The van der Waals surface area contributed by atoms with E-state index in [9.17, 15) is 14.4 Å². The number of anilines is 1. The number of amides is 4. The highest BCUT2D eigenvalue weighted by molar-refractivity contribution is 9.10. The summed E-state index contributed by atoms with van der Waals surface area (Å²) in [6.07, 6.45) is 1.32. The van der Waals surface area contributed by atoms with Crippen molar-refractivity contribution in [2.45, 2.75) is 16.9 Å². The summed E-state index contributed by atoms with van der Waals surface area (Å²) in [6, 6.07) is 15.0. The summed E-state index contributed by atoms with van der Waals surface area (Å²) in [6.45, 7) is 1.85. The minimum Gasteiger partial charge on any atom is -0.449 e. The molecule has 9 heteroatoms. The third kappa shape index (κ3) is 4.61. The molecule has 31 heavy (non-hydrogen) atoms. The number of nitrogens with one attached hydrogen (secondary N) is 1. The lowest BCUT2D eigenvalue weighted by Gasteiger charge is -2.26. The van der Waals surface area contributed by atoms with E-state index in [1.807, 2.05) is 25.1 Å². The Labute approximate surface area is 195 Å². The van der Waals surface area contributed by atoms with Gasteiger partial charge in [-0.15, -0.1) is 0 Å². The maximum atomic E-state index is 13.0. The zero-order valence-corrected chi connectivity index (χ0v) is 19.2. The number of hydrogen-bond acceptors (Lipinski definition) is 5. The van der Waals surface area contributed by atoms with Crippen molar-refractivity contribution < 1.29 is 18.8 Å². The van der Waals surface area contributed by atoms with Gasteiger partial charge in [0.15, 0.2) is 5.09 Å². The van der Waals surface area contributed by atoms with Crippen LogP contribution in [0.4, 0.5) is 10.5 Å². The molecule has 0 saturated carbocycles. The van der Waals surface area contributed by atoms with Crippen molar-refractivity contribution in [3.8, 4) is 0 Å². The number of hydrogen-bond donors (Lipinski definition) is 1. The van der Waals surface area contributed by atoms with Gasteiger partial charge in [0.25, 0.3) is 11.8 Å². The topological polar surface area (TPSA) is 79.6 Å². The van der Waals surface area contributed by atoms with E-state index in [1.165, 1.54) is 17.8 Å². The molecule has 3 aromatic rings. The van der Waals surface area contributed by atoms with Gasteiger partial charge in [-0.2, -0.15) is 0 Å². The molecule has 0 aliphatic carbocycles. The number of nitrogens with zero attached hydrogens (tertiary/aromatic N) is 1. The number of halogens is 2. The van der Waals surface area contributed by atoms with Gasteiger partial charge in [-0.05, 0) is 77.0 Å². The highest BCUT2D eigenvalue weighted by Gasteiger charge is 2.37. The van der Waals surface area contributed by atoms with Crippen LogP contribution < -0.4 is 10.2 Å². The largest absolute Gasteiger partial charge is 0.449 e. The maximum Gasteiger partial charge on any atom is 0.335 e. The second-order valence-corrected chi connectivity index (χ2v) is 8.97. The number of aryl methyl sites for hydroxylation is 1. The normalized spacial score (nSPS) is 15.5. The van der Waals surface area contributed by atoms with Gasteiger partial charge in [0.1, 0.15) is 11.3 Å². The van der Waals surface area contributed by atoms with Crippen LogP contribution in [0.15, 0.2) is 79.0 Å². The monoisotopic (exact) mass is 516 g/mol. The SMILES string of the molecule is Cc1cccc(N2C(=O)NC(=O)/C(=C\c3cc(Br)c(Sc4ccc(Cl)cc4)o3)C2=O)c1. The molecule has 1 saturated heterocycles. The first-order valence-corrected chi connectivity index (χ1v) is 11.0. The smallest absolute Gasteiger partial charge is 0.335 e. The highest BCUT2D eigenvalue weighted by Crippen LogP contribution is 2.37. The average molecular weight is 518 g/mol. The molecule has 0 radical (unpaired) electrons. The Morgan fingerprint density at radius 1 is 1.10 bits per heavy atom. The standard InChI is InChI=1S/C22H14BrClN2O4S/c1-12-3-2-4-14(9-12)26-20(28)17(19(27)25-22(26)29)10-15-11-18(23)21(30-15)31-16-7-5-13(24)6-8-16/h2-11H,1H3,(H,25,27,29)/b17-10+. The molecule has 4 rings (SSSR count). The molecule has 2 heterocycles. The zero-order chi connectivity index (χ0) is 22.1. The lowest BCUT2D eigenvalue weighted by molar-refractivity contribution is -0.122. The number of rotatable bonds is 4. The molecule has 1 fully saturated rings. The molecule has 1 N–H and O–H groups in total. The Kier molecular flexibility index (Phi) is 6.04. The average Bonchev–Trinajstić information content (AvgIpc) is 3.06. The summed E-state index contributed by atoms with van der Waals surface area (Å²) in [5.41, 5.74) is 1.05. The second kappa shape index (κ2) is 8.74. The lowest BCUT2D eigenvalue weighted by Crippen LogP contribution is -2.54. The quantitative estimate of drug-likeness (QED) is 0.348. The third-order valence-electron chi connectivity index (χ3n) is 4.35. The second-order valence-electron chi connectivity index (χ2n) is 6.64. The van der Waals surface area contributed by atoms with Crippen LogP contribution in [-0.4, -0.2) is 17.8 Å². The lowest BCUT2D eigenvalue weighted by atomic mass is 10.1. The summed E-state index contributed by atoms with van der Waals surface area (Å²) < 4.78 is 6.47. The van der Waals surface area contributed by atoms with Gasteiger partial charge in [0.05, 0.1) is 10.2 Å². The molecule has 4 amide bonds. The molecule has 6 nitrogen and oxygen atoms in total. The fourth-order valence-electron chi connectivity index (χ4n) is 2.92. The molecule has 0 bridgehead atoms. The minimum atomic E-state index is -0.794. The number of barbiturate groups is 1. The molecular weight excluding hydrogens is 504 g/mol. The molecule has 1 aliphatic heterocycles. The van der Waals surface area contributed by atoms with Crippen molar-refractivity contribution in [3.05, 3.63) is 81.0 Å². The summed E-state index contributed by atoms with van der Waals surface area (Å²) in [7, 11) is 0. The van der Waals surface area contributed by atoms with E-state index in [2.05, 4.69) is 21.2 Å². The summed E-state index contributed by atoms with van der Waals surface area (Å²) >= 11 is 10.7. The number of carbonyl (C=O) groups is 3. The van der Waals surface area contributed by atoms with Gasteiger partial charge >= 0.3 is 6.03 Å². The van der Waals surface area contributed by atoms with Crippen LogP contribution in [0.25, 0.3) is 6.08 Å². The molecule has 156 valence electrons. The van der Waals surface area contributed by atoms with Crippen LogP contribution in [-0.2, 0) is 9.59 Å². The van der Waals surface area contributed by atoms with E-state index in [0.717, 1.165) is 15.4 Å². The van der Waals surface area contributed by atoms with E-state index in [4.69, 9.17) is 16.0 Å². The Balaban J connectivity index is 1.64. The number of urea groups is 1.